The zero-order chi connectivity index (χ0) is 37.5. The minimum Gasteiger partial charge on any atom is -0.462 e. The summed E-state index contributed by atoms with van der Waals surface area (Å²) in [7, 11) is -4.75. The molecule has 0 aromatic heterocycles. The Balaban J connectivity index is 3.85. The van der Waals surface area contributed by atoms with Crippen molar-refractivity contribution in [1.29, 1.82) is 0 Å². The number of hydrogen-bond acceptors (Lipinski definition) is 6. The molecule has 0 radical (unpaired) electrons. The van der Waals surface area contributed by atoms with Crippen LogP contribution in [0.4, 0.5) is 0 Å². The number of rotatable bonds is 40. The Kier molecular flexibility index (Phi) is 37.6. The van der Waals surface area contributed by atoms with Crippen LogP contribution < -0.4 is 0 Å². The molecule has 0 aliphatic rings. The van der Waals surface area contributed by atoms with Crippen LogP contribution >= 0.6 is 7.82 Å². The summed E-state index contributed by atoms with van der Waals surface area (Å²) in [6, 6.07) is 0. The smallest absolute Gasteiger partial charge is 0.462 e. The van der Waals surface area contributed by atoms with E-state index in [4.69, 9.17) is 19.3 Å². The summed E-state index contributed by atoms with van der Waals surface area (Å²) in [5.74, 6) is -0.891. The quantitative estimate of drug-likeness (QED) is 0.0275. The van der Waals surface area contributed by atoms with E-state index in [9.17, 15) is 14.2 Å². The average Bonchev–Trinajstić information content (AvgIpc) is 3.10. The van der Waals surface area contributed by atoms with E-state index >= 15 is 0 Å². The minimum absolute atomic E-state index is 0.215. The Labute approximate surface area is 314 Å². The monoisotopic (exact) mass is 745 g/mol. The van der Waals surface area contributed by atoms with Gasteiger partial charge in [0.15, 0.2) is 6.10 Å². The second-order valence-electron chi connectivity index (χ2n) is 14.7. The molecule has 0 aliphatic carbocycles. The molecular weight excluding hydrogens is 663 g/mol. The lowest BCUT2D eigenvalue weighted by Gasteiger charge is -2.18. The summed E-state index contributed by atoms with van der Waals surface area (Å²) in [5.41, 5.74) is 0. The minimum atomic E-state index is -4.75. The van der Waals surface area contributed by atoms with Gasteiger partial charge in [-0.2, -0.15) is 0 Å². The van der Waals surface area contributed by atoms with Crippen molar-refractivity contribution in [3.05, 3.63) is 12.2 Å². The lowest BCUT2D eigenvalue weighted by atomic mass is 10.0. The number of phosphoric acid groups is 1. The van der Waals surface area contributed by atoms with Crippen molar-refractivity contribution < 1.29 is 37.9 Å². The maximum absolute atomic E-state index is 12.4. The van der Waals surface area contributed by atoms with Gasteiger partial charge in [0.2, 0.25) is 0 Å². The standard InChI is InChI=1S/C42H81O8P/c1-3-5-7-9-11-13-15-17-18-19-20-21-22-23-25-27-29-31-33-35-37-42(44)50-40(39-49-51(45,46)47)38-48-41(43)36-34-32-30-28-26-24-16-14-12-10-8-6-4-2/h24,26,40H,3-23,25,27-39H2,1-2H3,(H2,45,46,47)/b26-24+/t40-/m1/s1. The molecule has 0 heterocycles. The zero-order valence-corrected chi connectivity index (χ0v) is 34.2. The van der Waals surface area contributed by atoms with Gasteiger partial charge < -0.3 is 19.3 Å². The van der Waals surface area contributed by atoms with E-state index in [1.165, 1.54) is 141 Å². The van der Waals surface area contributed by atoms with Gasteiger partial charge in [0.1, 0.15) is 6.61 Å². The molecule has 0 spiro atoms. The Bertz CT molecular complexity index is 843. The van der Waals surface area contributed by atoms with Crippen molar-refractivity contribution >= 4 is 19.8 Å². The first kappa shape index (κ1) is 49.8. The third-order valence-corrected chi connectivity index (χ3v) is 10.0. The molecule has 2 N–H and O–H groups in total. The van der Waals surface area contributed by atoms with E-state index in [0.717, 1.165) is 44.9 Å². The molecular formula is C42H81O8P. The lowest BCUT2D eigenvalue weighted by molar-refractivity contribution is -0.161. The van der Waals surface area contributed by atoms with Gasteiger partial charge in [-0.15, -0.1) is 0 Å². The van der Waals surface area contributed by atoms with E-state index in [2.05, 4.69) is 30.5 Å². The summed E-state index contributed by atoms with van der Waals surface area (Å²) in [6.45, 7) is 3.69. The highest BCUT2D eigenvalue weighted by atomic mass is 31.2. The van der Waals surface area contributed by atoms with Gasteiger partial charge >= 0.3 is 19.8 Å². The first-order valence-corrected chi connectivity index (χ1v) is 23.0. The van der Waals surface area contributed by atoms with Crippen molar-refractivity contribution in [3.63, 3.8) is 0 Å². The third-order valence-electron chi connectivity index (χ3n) is 9.53. The molecule has 0 aromatic carbocycles. The average molecular weight is 745 g/mol. The molecule has 0 aliphatic heterocycles. The highest BCUT2D eigenvalue weighted by molar-refractivity contribution is 7.46. The van der Waals surface area contributed by atoms with E-state index in [1.807, 2.05) is 0 Å². The molecule has 0 saturated carbocycles. The Hall–Kier alpha value is -1.21. The van der Waals surface area contributed by atoms with Crippen LogP contribution in [-0.4, -0.2) is 41.0 Å². The molecule has 9 heteroatoms. The van der Waals surface area contributed by atoms with Gasteiger partial charge in [-0.3, -0.25) is 14.1 Å². The van der Waals surface area contributed by atoms with Gasteiger partial charge in [-0.25, -0.2) is 4.57 Å². The van der Waals surface area contributed by atoms with Crippen LogP contribution in [0, 0.1) is 0 Å². The summed E-state index contributed by atoms with van der Waals surface area (Å²) < 4.78 is 26.4. The van der Waals surface area contributed by atoms with Gasteiger partial charge in [0.05, 0.1) is 6.61 Å². The summed E-state index contributed by atoms with van der Waals surface area (Å²) >= 11 is 0. The highest BCUT2D eigenvalue weighted by Crippen LogP contribution is 2.36. The first-order chi connectivity index (χ1) is 24.8. The fourth-order valence-electron chi connectivity index (χ4n) is 6.31. The third kappa shape index (κ3) is 41.4. The fourth-order valence-corrected chi connectivity index (χ4v) is 6.67. The van der Waals surface area contributed by atoms with Gasteiger partial charge in [0, 0.05) is 12.8 Å². The zero-order valence-electron chi connectivity index (χ0n) is 33.3. The molecule has 0 saturated heterocycles. The van der Waals surface area contributed by atoms with Gasteiger partial charge in [-0.1, -0.05) is 187 Å². The molecule has 1 atom stereocenters. The van der Waals surface area contributed by atoms with E-state index in [0.29, 0.717) is 12.8 Å². The van der Waals surface area contributed by atoms with Crippen molar-refractivity contribution in [2.24, 2.45) is 0 Å². The SMILES string of the molecule is CCCCCCCC/C=C/CCCCCC(=O)OC[C@H](COP(=O)(O)O)OC(=O)CCCCCCCCCCCCCCCCCCCCCC. The Morgan fingerprint density at radius 2 is 0.824 bits per heavy atom. The summed E-state index contributed by atoms with van der Waals surface area (Å²) in [5, 5.41) is 0. The van der Waals surface area contributed by atoms with E-state index < -0.39 is 32.5 Å². The largest absolute Gasteiger partial charge is 0.469 e. The van der Waals surface area contributed by atoms with Crippen LogP contribution in [0.3, 0.4) is 0 Å². The van der Waals surface area contributed by atoms with Crippen LogP contribution in [0.2, 0.25) is 0 Å². The Morgan fingerprint density at radius 3 is 1.22 bits per heavy atom. The van der Waals surface area contributed by atoms with Crippen molar-refractivity contribution in [2.75, 3.05) is 13.2 Å². The predicted molar refractivity (Wildman–Crippen MR) is 212 cm³/mol. The van der Waals surface area contributed by atoms with Crippen LogP contribution in [0.25, 0.3) is 0 Å². The van der Waals surface area contributed by atoms with Crippen LogP contribution in [0.1, 0.15) is 226 Å². The molecule has 51 heavy (non-hydrogen) atoms. The van der Waals surface area contributed by atoms with Gasteiger partial charge in [0.25, 0.3) is 0 Å². The number of hydrogen-bond donors (Lipinski definition) is 2. The molecule has 0 rings (SSSR count). The number of carbonyl (C=O) groups is 2. The molecule has 0 unspecified atom stereocenters. The molecule has 8 nitrogen and oxygen atoms in total. The summed E-state index contributed by atoms with van der Waals surface area (Å²) in [6.07, 6.45) is 42.2. The number of phosphoric ester groups is 1. The number of unbranched alkanes of at least 4 members (excludes halogenated alkanes) is 28. The van der Waals surface area contributed by atoms with Crippen LogP contribution in [0.15, 0.2) is 12.2 Å². The maximum atomic E-state index is 12.4. The number of ether oxygens (including phenoxy) is 2. The molecule has 302 valence electrons. The lowest BCUT2D eigenvalue weighted by Crippen LogP contribution is -2.29. The predicted octanol–water partition coefficient (Wildman–Crippen LogP) is 13.0. The van der Waals surface area contributed by atoms with Crippen molar-refractivity contribution in [1.82, 2.24) is 0 Å². The molecule has 0 bridgehead atoms. The molecule has 0 fully saturated rings. The summed E-state index contributed by atoms with van der Waals surface area (Å²) in [4.78, 5) is 42.8. The van der Waals surface area contributed by atoms with E-state index in [1.54, 1.807) is 0 Å². The molecule has 0 aromatic rings. The Morgan fingerprint density at radius 1 is 0.490 bits per heavy atom. The topological polar surface area (TPSA) is 119 Å². The second-order valence-corrected chi connectivity index (χ2v) is 15.9. The van der Waals surface area contributed by atoms with E-state index in [-0.39, 0.29) is 19.4 Å². The number of carbonyl (C=O) groups excluding carboxylic acids is 2. The normalized spacial score (nSPS) is 12.5. The van der Waals surface area contributed by atoms with Crippen molar-refractivity contribution in [2.45, 2.75) is 232 Å². The second kappa shape index (κ2) is 38.5. The van der Waals surface area contributed by atoms with Crippen molar-refractivity contribution in [3.8, 4) is 0 Å². The first-order valence-electron chi connectivity index (χ1n) is 21.5. The number of esters is 2. The molecule has 0 amide bonds. The maximum Gasteiger partial charge on any atom is 0.469 e. The van der Waals surface area contributed by atoms with Crippen LogP contribution in [-0.2, 0) is 28.2 Å². The fraction of sp³-hybridized carbons (Fsp3) is 0.905. The van der Waals surface area contributed by atoms with Crippen LogP contribution in [0.5, 0.6) is 0 Å². The number of allylic oxidation sites excluding steroid dienone is 2. The highest BCUT2D eigenvalue weighted by Gasteiger charge is 2.22. The van der Waals surface area contributed by atoms with Gasteiger partial charge in [-0.05, 0) is 38.5 Å².